The van der Waals surface area contributed by atoms with Gasteiger partial charge in [0.25, 0.3) is 0 Å². The van der Waals surface area contributed by atoms with Crippen molar-refractivity contribution in [3.8, 4) is 0 Å². The second kappa shape index (κ2) is 5.04. The zero-order valence-corrected chi connectivity index (χ0v) is 13.4. The minimum Gasteiger partial charge on any atom is -0.0987 e. The molecular weight excluding hydrogens is 331 g/mol. The predicted octanol–water partition coefficient (Wildman–Crippen LogP) is 5.30. The van der Waals surface area contributed by atoms with Gasteiger partial charge in [0.1, 0.15) is 0 Å². The number of fused-ring (bicyclic) bond motifs is 1. The average Bonchev–Trinajstić information content (AvgIpc) is 2.55. The van der Waals surface area contributed by atoms with E-state index in [9.17, 15) is 0 Å². The third kappa shape index (κ3) is 2.20. The topological polar surface area (TPSA) is 0 Å². The number of halogens is 1. The molecule has 0 nitrogen and oxygen atoms in total. The summed E-state index contributed by atoms with van der Waals surface area (Å²) in [6.45, 7) is 10.7. The van der Waals surface area contributed by atoms with Crippen molar-refractivity contribution in [1.29, 1.82) is 0 Å². The van der Waals surface area contributed by atoms with Gasteiger partial charge in [0.05, 0.1) is 0 Å². The van der Waals surface area contributed by atoms with E-state index in [1.165, 1.54) is 22.3 Å². The lowest BCUT2D eigenvalue weighted by molar-refractivity contribution is 0.654. The van der Waals surface area contributed by atoms with Gasteiger partial charge in [-0.25, -0.2) is 0 Å². The van der Waals surface area contributed by atoms with Gasteiger partial charge in [-0.3, -0.25) is 0 Å². The van der Waals surface area contributed by atoms with Crippen molar-refractivity contribution < 1.29 is 0 Å². The van der Waals surface area contributed by atoms with Crippen LogP contribution in [0.3, 0.4) is 0 Å². The molecule has 94 valence electrons. The summed E-state index contributed by atoms with van der Waals surface area (Å²) in [7, 11) is 0. The summed E-state index contributed by atoms with van der Waals surface area (Å²) in [4.78, 5) is 0. The second-order valence-electron chi connectivity index (χ2n) is 5.24. The van der Waals surface area contributed by atoms with Gasteiger partial charge in [-0.2, -0.15) is 0 Å². The van der Waals surface area contributed by atoms with Crippen molar-refractivity contribution in [2.75, 3.05) is 0 Å². The first-order chi connectivity index (χ1) is 8.48. The molecule has 18 heavy (non-hydrogen) atoms. The molecule has 0 heterocycles. The number of alkyl halides is 1. The van der Waals surface area contributed by atoms with E-state index in [1.807, 2.05) is 6.08 Å². The molecule has 0 fully saturated rings. The van der Waals surface area contributed by atoms with Crippen molar-refractivity contribution >= 4 is 28.2 Å². The molecule has 0 radical (unpaired) electrons. The quantitative estimate of drug-likeness (QED) is 0.513. The van der Waals surface area contributed by atoms with E-state index in [1.54, 1.807) is 0 Å². The molecule has 0 saturated carbocycles. The molecule has 1 aliphatic rings. The van der Waals surface area contributed by atoms with Crippen LogP contribution in [0.4, 0.5) is 0 Å². The Labute approximate surface area is 124 Å². The molecule has 0 spiro atoms. The molecule has 0 saturated heterocycles. The fraction of sp³-hybridized carbons (Fsp3) is 0.294. The molecule has 0 N–H and O–H groups in total. The van der Waals surface area contributed by atoms with Gasteiger partial charge in [0.2, 0.25) is 0 Å². The Kier molecular flexibility index (Phi) is 3.81. The molecule has 0 aliphatic heterocycles. The zero-order chi connectivity index (χ0) is 13.3. The molecule has 1 unspecified atom stereocenters. The number of rotatable bonds is 3. The van der Waals surface area contributed by atoms with E-state index in [0.29, 0.717) is 3.92 Å². The van der Waals surface area contributed by atoms with E-state index < -0.39 is 0 Å². The summed E-state index contributed by atoms with van der Waals surface area (Å²) < 4.78 is 0.539. The molecule has 2 rings (SSSR count). The first-order valence-electron chi connectivity index (χ1n) is 6.28. The van der Waals surface area contributed by atoms with Gasteiger partial charge in [0, 0.05) is 9.34 Å². The van der Waals surface area contributed by atoms with Gasteiger partial charge < -0.3 is 0 Å². The molecule has 1 aromatic rings. The number of allylic oxidation sites excluding steroid dienone is 5. The lowest BCUT2D eigenvalue weighted by atomic mass is 9.81. The predicted molar refractivity (Wildman–Crippen MR) is 89.2 cm³/mol. The summed E-state index contributed by atoms with van der Waals surface area (Å²) in [6, 6.07) is 8.68. The highest BCUT2D eigenvalue weighted by Crippen LogP contribution is 2.46. The average molecular weight is 350 g/mol. The van der Waals surface area contributed by atoms with Gasteiger partial charge >= 0.3 is 0 Å². The van der Waals surface area contributed by atoms with Crippen LogP contribution in [0, 0.1) is 0 Å². The number of hydrogen-bond donors (Lipinski definition) is 0. The second-order valence-corrected chi connectivity index (χ2v) is 7.20. The van der Waals surface area contributed by atoms with Crippen LogP contribution in [0.2, 0.25) is 0 Å². The van der Waals surface area contributed by atoms with E-state index in [-0.39, 0.29) is 5.41 Å². The van der Waals surface area contributed by atoms with E-state index in [4.69, 9.17) is 0 Å². The molecule has 0 amide bonds. The van der Waals surface area contributed by atoms with Gasteiger partial charge in [0.15, 0.2) is 0 Å². The van der Waals surface area contributed by atoms with Crippen LogP contribution < -0.4 is 0 Å². The smallest absolute Gasteiger partial charge is 0.0264 e. The Bertz CT molecular complexity index is 530. The maximum Gasteiger partial charge on any atom is 0.0264 e. The third-order valence-corrected chi connectivity index (χ3v) is 4.00. The normalized spacial score (nSPS) is 19.1. The van der Waals surface area contributed by atoms with Crippen LogP contribution in [-0.2, 0) is 5.41 Å². The largest absolute Gasteiger partial charge is 0.0987 e. The number of benzene rings is 1. The highest BCUT2D eigenvalue weighted by molar-refractivity contribution is 14.1. The Morgan fingerprint density at radius 3 is 2.56 bits per heavy atom. The van der Waals surface area contributed by atoms with E-state index >= 15 is 0 Å². The van der Waals surface area contributed by atoms with Crippen LogP contribution in [0.25, 0.3) is 5.57 Å². The van der Waals surface area contributed by atoms with Gasteiger partial charge in [-0.15, -0.1) is 0 Å². The lowest BCUT2D eigenvalue weighted by Gasteiger charge is -2.22. The first-order valence-corrected chi connectivity index (χ1v) is 7.52. The van der Waals surface area contributed by atoms with Crippen LogP contribution in [0.1, 0.15) is 31.9 Å². The molecule has 1 aliphatic carbocycles. The molecule has 0 bridgehead atoms. The fourth-order valence-corrected chi connectivity index (χ4v) is 2.87. The highest BCUT2D eigenvalue weighted by atomic mass is 127. The Morgan fingerprint density at radius 1 is 1.28 bits per heavy atom. The van der Waals surface area contributed by atoms with Crippen LogP contribution in [-0.4, -0.2) is 3.92 Å². The van der Waals surface area contributed by atoms with Crippen molar-refractivity contribution in [1.82, 2.24) is 0 Å². The third-order valence-electron chi connectivity index (χ3n) is 3.59. The monoisotopic (exact) mass is 350 g/mol. The lowest BCUT2D eigenvalue weighted by Crippen LogP contribution is -2.15. The summed E-state index contributed by atoms with van der Waals surface area (Å²) in [5.41, 5.74) is 5.48. The van der Waals surface area contributed by atoms with Crippen molar-refractivity contribution in [2.45, 2.75) is 30.1 Å². The Balaban J connectivity index is 2.62. The fourth-order valence-electron chi connectivity index (χ4n) is 2.66. The maximum atomic E-state index is 4.01. The van der Waals surface area contributed by atoms with Crippen LogP contribution in [0.5, 0.6) is 0 Å². The summed E-state index contributed by atoms with van der Waals surface area (Å²) in [5, 5.41) is 0. The maximum absolute atomic E-state index is 4.01. The van der Waals surface area contributed by atoms with E-state index in [0.717, 1.165) is 0 Å². The first kappa shape index (κ1) is 13.6. The van der Waals surface area contributed by atoms with E-state index in [2.05, 4.69) is 86.4 Å². The van der Waals surface area contributed by atoms with Gasteiger partial charge in [-0.05, 0) is 29.2 Å². The molecule has 1 atom stereocenters. The van der Waals surface area contributed by atoms with Crippen molar-refractivity contribution in [3.63, 3.8) is 0 Å². The molecular formula is C17H19I. The van der Waals surface area contributed by atoms with Crippen molar-refractivity contribution in [3.05, 3.63) is 65.8 Å². The molecule has 0 aromatic heterocycles. The SMILES string of the molecule is C=CC1=C(/C=C\C(C)I)c2ccccc2C1(C)C. The Hall–Kier alpha value is -0.830. The zero-order valence-electron chi connectivity index (χ0n) is 11.2. The standard InChI is InChI=1S/C17H19I/c1-5-15-14(11-10-12(2)18)13-8-6-7-9-16(13)17(15,3)4/h5-12H,1H2,2-4H3/b11-10-. The highest BCUT2D eigenvalue weighted by Gasteiger charge is 2.34. The minimum atomic E-state index is 0.0620. The van der Waals surface area contributed by atoms with Crippen LogP contribution >= 0.6 is 22.6 Å². The minimum absolute atomic E-state index is 0.0620. The number of hydrogen-bond acceptors (Lipinski definition) is 0. The summed E-state index contributed by atoms with van der Waals surface area (Å²) in [6.07, 6.45) is 6.51. The molecule has 1 aromatic carbocycles. The molecule has 1 heteroatoms. The Morgan fingerprint density at radius 2 is 1.94 bits per heavy atom. The van der Waals surface area contributed by atoms with Gasteiger partial charge in [-0.1, -0.05) is 85.5 Å². The van der Waals surface area contributed by atoms with Crippen molar-refractivity contribution in [2.24, 2.45) is 0 Å². The summed E-state index contributed by atoms with van der Waals surface area (Å²) >= 11 is 2.42. The van der Waals surface area contributed by atoms with Crippen LogP contribution in [0.15, 0.2) is 54.6 Å². The summed E-state index contributed by atoms with van der Waals surface area (Å²) in [5.74, 6) is 0.